The van der Waals surface area contributed by atoms with Crippen LogP contribution in [-0.4, -0.2) is 24.3 Å². The van der Waals surface area contributed by atoms with Gasteiger partial charge in [0.2, 0.25) is 0 Å². The molecule has 0 saturated heterocycles. The van der Waals surface area contributed by atoms with Crippen LogP contribution in [0.25, 0.3) is 0 Å². The smallest absolute Gasteiger partial charge is 0.309 e. The molecule has 0 bridgehead atoms. The molecule has 1 N–H and O–H groups in total. The van der Waals surface area contributed by atoms with Crippen LogP contribution in [0, 0.1) is 11.3 Å². The lowest BCUT2D eigenvalue weighted by molar-refractivity contribution is -0.152. The van der Waals surface area contributed by atoms with E-state index in [0.29, 0.717) is 18.9 Å². The number of rotatable bonds is 6. The molecule has 0 aromatic carbocycles. The standard InChI is InChI=1S/C13H24O3/c1-11(2)10-16-9-8-13(12(14)15)6-4-3-5-7-13/h11H,3-10H2,1-2H3,(H,14,15). The number of ether oxygens (including phenoxy) is 1. The average Bonchev–Trinajstić information content (AvgIpc) is 2.25. The van der Waals surface area contributed by atoms with Crippen LogP contribution in [0.1, 0.15) is 52.4 Å². The molecule has 1 fully saturated rings. The third-order valence-corrected chi connectivity index (χ3v) is 3.44. The summed E-state index contributed by atoms with van der Waals surface area (Å²) in [5.41, 5.74) is -0.491. The summed E-state index contributed by atoms with van der Waals surface area (Å²) in [6, 6.07) is 0. The summed E-state index contributed by atoms with van der Waals surface area (Å²) < 4.78 is 5.51. The number of carbonyl (C=O) groups is 1. The van der Waals surface area contributed by atoms with Crippen LogP contribution in [-0.2, 0) is 9.53 Å². The van der Waals surface area contributed by atoms with E-state index in [0.717, 1.165) is 32.3 Å². The largest absolute Gasteiger partial charge is 0.481 e. The van der Waals surface area contributed by atoms with Crippen molar-refractivity contribution in [2.24, 2.45) is 11.3 Å². The summed E-state index contributed by atoms with van der Waals surface area (Å²) in [6.45, 7) is 5.53. The van der Waals surface area contributed by atoms with E-state index in [1.165, 1.54) is 6.42 Å². The van der Waals surface area contributed by atoms with Crippen LogP contribution in [0.4, 0.5) is 0 Å². The summed E-state index contributed by atoms with van der Waals surface area (Å²) in [5, 5.41) is 9.34. The van der Waals surface area contributed by atoms with Crippen molar-refractivity contribution in [2.45, 2.75) is 52.4 Å². The molecule has 1 rings (SSSR count). The Kier molecular flexibility index (Phi) is 5.26. The van der Waals surface area contributed by atoms with E-state index in [9.17, 15) is 9.90 Å². The highest BCUT2D eigenvalue weighted by molar-refractivity contribution is 5.74. The first-order valence-corrected chi connectivity index (χ1v) is 6.38. The normalized spacial score (nSPS) is 19.9. The van der Waals surface area contributed by atoms with Gasteiger partial charge in [-0.15, -0.1) is 0 Å². The molecule has 0 amide bonds. The predicted molar refractivity (Wildman–Crippen MR) is 63.4 cm³/mol. The van der Waals surface area contributed by atoms with Crippen LogP contribution >= 0.6 is 0 Å². The fourth-order valence-corrected chi connectivity index (χ4v) is 2.39. The fourth-order valence-electron chi connectivity index (χ4n) is 2.39. The summed E-state index contributed by atoms with van der Waals surface area (Å²) in [7, 11) is 0. The zero-order chi connectivity index (χ0) is 12.0. The highest BCUT2D eigenvalue weighted by Gasteiger charge is 2.38. The Balaban J connectivity index is 2.36. The Morgan fingerprint density at radius 3 is 2.44 bits per heavy atom. The molecule has 0 atom stereocenters. The number of hydrogen-bond donors (Lipinski definition) is 1. The van der Waals surface area contributed by atoms with Gasteiger partial charge in [0.15, 0.2) is 0 Å². The first-order valence-electron chi connectivity index (χ1n) is 6.38. The monoisotopic (exact) mass is 228 g/mol. The fraction of sp³-hybridized carbons (Fsp3) is 0.923. The summed E-state index contributed by atoms with van der Waals surface area (Å²) in [4.78, 5) is 11.3. The van der Waals surface area contributed by atoms with Gasteiger partial charge >= 0.3 is 5.97 Å². The van der Waals surface area contributed by atoms with Gasteiger partial charge < -0.3 is 9.84 Å². The van der Waals surface area contributed by atoms with Crippen molar-refractivity contribution < 1.29 is 14.6 Å². The molecule has 3 heteroatoms. The van der Waals surface area contributed by atoms with E-state index >= 15 is 0 Å². The molecule has 0 spiro atoms. The van der Waals surface area contributed by atoms with Gasteiger partial charge in [-0.2, -0.15) is 0 Å². The Hall–Kier alpha value is -0.570. The van der Waals surface area contributed by atoms with Crippen molar-refractivity contribution in [1.82, 2.24) is 0 Å². The summed E-state index contributed by atoms with van der Waals surface area (Å²) in [5.74, 6) is -0.104. The zero-order valence-electron chi connectivity index (χ0n) is 10.5. The molecule has 1 aliphatic rings. The van der Waals surface area contributed by atoms with Crippen LogP contribution < -0.4 is 0 Å². The molecular formula is C13H24O3. The van der Waals surface area contributed by atoms with Crippen LogP contribution in [0.2, 0.25) is 0 Å². The van der Waals surface area contributed by atoms with E-state index in [1.807, 2.05) is 0 Å². The van der Waals surface area contributed by atoms with E-state index < -0.39 is 11.4 Å². The highest BCUT2D eigenvalue weighted by Crippen LogP contribution is 2.39. The maximum Gasteiger partial charge on any atom is 0.309 e. The number of hydrogen-bond acceptors (Lipinski definition) is 2. The molecule has 0 radical (unpaired) electrons. The highest BCUT2D eigenvalue weighted by atomic mass is 16.5. The molecule has 0 heterocycles. The van der Waals surface area contributed by atoms with E-state index in [4.69, 9.17) is 4.74 Å². The van der Waals surface area contributed by atoms with Crippen molar-refractivity contribution in [3.05, 3.63) is 0 Å². The lowest BCUT2D eigenvalue weighted by atomic mass is 9.72. The Morgan fingerprint density at radius 2 is 1.94 bits per heavy atom. The van der Waals surface area contributed by atoms with Gasteiger partial charge in [0.05, 0.1) is 5.41 Å². The van der Waals surface area contributed by atoms with Crippen molar-refractivity contribution in [3.63, 3.8) is 0 Å². The van der Waals surface area contributed by atoms with Gasteiger partial charge in [-0.25, -0.2) is 0 Å². The SMILES string of the molecule is CC(C)COCCC1(C(=O)O)CCCCC1. The van der Waals surface area contributed by atoms with Gasteiger partial charge in [0.25, 0.3) is 0 Å². The van der Waals surface area contributed by atoms with Crippen molar-refractivity contribution >= 4 is 5.97 Å². The third-order valence-electron chi connectivity index (χ3n) is 3.44. The van der Waals surface area contributed by atoms with Crippen LogP contribution in [0.5, 0.6) is 0 Å². The molecule has 94 valence electrons. The van der Waals surface area contributed by atoms with Crippen molar-refractivity contribution in [2.75, 3.05) is 13.2 Å². The molecule has 0 aliphatic heterocycles. The van der Waals surface area contributed by atoms with Gasteiger partial charge in [-0.05, 0) is 25.2 Å². The van der Waals surface area contributed by atoms with Crippen molar-refractivity contribution in [1.29, 1.82) is 0 Å². The molecule has 0 unspecified atom stereocenters. The Bertz CT molecular complexity index is 217. The number of carboxylic acids is 1. The lowest BCUT2D eigenvalue weighted by Crippen LogP contribution is -2.34. The molecule has 1 aliphatic carbocycles. The molecule has 0 aromatic heterocycles. The third kappa shape index (κ3) is 3.78. The van der Waals surface area contributed by atoms with Crippen LogP contribution in [0.3, 0.4) is 0 Å². The van der Waals surface area contributed by atoms with Gasteiger partial charge in [0, 0.05) is 13.2 Å². The maximum absolute atomic E-state index is 11.3. The summed E-state index contributed by atoms with van der Waals surface area (Å²) >= 11 is 0. The molecule has 16 heavy (non-hydrogen) atoms. The minimum absolute atomic E-state index is 0.491. The zero-order valence-corrected chi connectivity index (χ0v) is 10.5. The van der Waals surface area contributed by atoms with E-state index in [1.54, 1.807) is 0 Å². The van der Waals surface area contributed by atoms with Crippen LogP contribution in [0.15, 0.2) is 0 Å². The topological polar surface area (TPSA) is 46.5 Å². The average molecular weight is 228 g/mol. The van der Waals surface area contributed by atoms with Gasteiger partial charge in [0.1, 0.15) is 0 Å². The van der Waals surface area contributed by atoms with Gasteiger partial charge in [-0.3, -0.25) is 4.79 Å². The second-order valence-corrected chi connectivity index (χ2v) is 5.36. The second-order valence-electron chi connectivity index (χ2n) is 5.36. The minimum atomic E-state index is -0.625. The predicted octanol–water partition coefficient (Wildman–Crippen LogP) is 3.08. The van der Waals surface area contributed by atoms with Crippen molar-refractivity contribution in [3.8, 4) is 0 Å². The first-order chi connectivity index (χ1) is 7.57. The quantitative estimate of drug-likeness (QED) is 0.711. The van der Waals surface area contributed by atoms with E-state index in [2.05, 4.69) is 13.8 Å². The number of aliphatic carboxylic acids is 1. The van der Waals surface area contributed by atoms with Gasteiger partial charge in [-0.1, -0.05) is 33.1 Å². The maximum atomic E-state index is 11.3. The Morgan fingerprint density at radius 1 is 1.31 bits per heavy atom. The molecule has 0 aromatic rings. The lowest BCUT2D eigenvalue weighted by Gasteiger charge is -2.33. The molecule has 1 saturated carbocycles. The summed E-state index contributed by atoms with van der Waals surface area (Å²) in [6.07, 6.45) is 5.62. The van der Waals surface area contributed by atoms with E-state index in [-0.39, 0.29) is 0 Å². The molecular weight excluding hydrogens is 204 g/mol. The molecule has 3 nitrogen and oxygen atoms in total. The minimum Gasteiger partial charge on any atom is -0.481 e. The Labute approximate surface area is 98.2 Å². The number of carboxylic acid groups (broad SMARTS) is 1. The second kappa shape index (κ2) is 6.24. The first kappa shape index (κ1) is 13.5.